The largest absolute Gasteiger partial charge is 0.508 e. The van der Waals surface area contributed by atoms with Gasteiger partial charge >= 0.3 is 6.01 Å². The number of phenols is 1. The Morgan fingerprint density at radius 3 is 2.79 bits per heavy atom. The Hall–Kier alpha value is -4.23. The molecule has 3 aliphatic heterocycles. The Kier molecular flexibility index (Phi) is 8.10. The Labute approximate surface area is 275 Å². The maximum Gasteiger partial charge on any atom is 0.319 e. The minimum atomic E-state index is -3.71. The highest BCUT2D eigenvalue weighted by molar-refractivity contribution is 7.87. The van der Waals surface area contributed by atoms with E-state index >= 15 is 4.39 Å². The van der Waals surface area contributed by atoms with E-state index < -0.39 is 39.6 Å². The number of hydrogen-bond donors (Lipinski definition) is 2. The summed E-state index contributed by atoms with van der Waals surface area (Å²) in [5.41, 5.74) is -0.931. The van der Waals surface area contributed by atoms with Crippen LogP contribution in [-0.4, -0.2) is 102 Å². The van der Waals surface area contributed by atoms with Crippen LogP contribution in [0.15, 0.2) is 30.5 Å². The van der Waals surface area contributed by atoms with Gasteiger partial charge in [0.1, 0.15) is 41.4 Å². The number of hydrogen-bond acceptors (Lipinski definition) is 9. The third-order valence-corrected chi connectivity index (χ3v) is 11.2. The summed E-state index contributed by atoms with van der Waals surface area (Å²) < 4.78 is 81.0. The van der Waals surface area contributed by atoms with Crippen LogP contribution >= 0.6 is 0 Å². The lowest BCUT2D eigenvalue weighted by atomic mass is 9.95. The summed E-state index contributed by atoms with van der Waals surface area (Å²) >= 11 is 0. The zero-order valence-corrected chi connectivity index (χ0v) is 27.2. The van der Waals surface area contributed by atoms with Gasteiger partial charge in [0.05, 0.1) is 16.5 Å². The number of terminal acetylenes is 1. The van der Waals surface area contributed by atoms with Gasteiger partial charge in [-0.05, 0) is 49.4 Å². The molecule has 15 heteroatoms. The Morgan fingerprint density at radius 2 is 2.02 bits per heavy atom. The number of ether oxygens (including phenoxy) is 1. The summed E-state index contributed by atoms with van der Waals surface area (Å²) in [7, 11) is -0.852. The number of rotatable bonds is 8. The smallest absolute Gasteiger partial charge is 0.319 e. The second-order valence-corrected chi connectivity index (χ2v) is 14.8. The van der Waals surface area contributed by atoms with Gasteiger partial charge in [-0.2, -0.15) is 27.4 Å². The molecule has 0 saturated carbocycles. The number of phenolic OH excluding ortho intramolecular Hbond substituents is 1. The molecule has 2 N–H and O–H groups in total. The van der Waals surface area contributed by atoms with Crippen molar-refractivity contribution < 1.29 is 31.4 Å². The lowest BCUT2D eigenvalue weighted by Crippen LogP contribution is -2.43. The first-order valence-corrected chi connectivity index (χ1v) is 17.1. The molecule has 11 nitrogen and oxygen atoms in total. The fourth-order valence-corrected chi connectivity index (χ4v) is 8.10. The number of pyridine rings is 1. The van der Waals surface area contributed by atoms with Gasteiger partial charge in [-0.3, -0.25) is 9.88 Å². The molecular weight excluding hydrogens is 647 g/mol. The van der Waals surface area contributed by atoms with E-state index in [1.807, 2.05) is 4.90 Å². The van der Waals surface area contributed by atoms with Crippen molar-refractivity contribution in [2.24, 2.45) is 0 Å². The quantitative estimate of drug-likeness (QED) is 0.268. The van der Waals surface area contributed by atoms with Crippen molar-refractivity contribution in [3.05, 3.63) is 47.7 Å². The number of alkyl halides is 1. The second-order valence-electron chi connectivity index (χ2n) is 12.9. The molecule has 2 aromatic carbocycles. The topological polar surface area (TPSA) is 124 Å². The van der Waals surface area contributed by atoms with Crippen molar-refractivity contribution in [1.82, 2.24) is 28.9 Å². The van der Waals surface area contributed by atoms with Crippen LogP contribution in [0.5, 0.6) is 11.8 Å². The molecule has 0 aliphatic carbocycles. The SMILES string of the molecule is C#Cc1c(F)ccc2cc(O)cc(-c3ncc4c(N5CCC(NS(=O)(=O)N(C)C)C5)nc(OC[C@@]56CCCN5C[C@H](F)C6)nc4c3F)c12. The molecule has 3 aliphatic rings. The molecule has 3 saturated heterocycles. The van der Waals surface area contributed by atoms with Gasteiger partial charge in [0.25, 0.3) is 10.2 Å². The van der Waals surface area contributed by atoms with E-state index in [0.717, 1.165) is 23.7 Å². The summed E-state index contributed by atoms with van der Waals surface area (Å²) in [5.74, 6) is 0.846. The van der Waals surface area contributed by atoms with Crippen LogP contribution in [0.3, 0.4) is 0 Å². The third-order valence-electron chi connectivity index (χ3n) is 9.61. The maximum absolute atomic E-state index is 16.8. The molecule has 0 amide bonds. The molecule has 5 heterocycles. The van der Waals surface area contributed by atoms with Crippen molar-refractivity contribution in [1.29, 1.82) is 0 Å². The second kappa shape index (κ2) is 12.0. The molecule has 1 unspecified atom stereocenters. The first-order valence-electron chi connectivity index (χ1n) is 15.6. The number of halogens is 3. The van der Waals surface area contributed by atoms with Crippen molar-refractivity contribution >= 4 is 37.7 Å². The van der Waals surface area contributed by atoms with Gasteiger partial charge in [0.15, 0.2) is 5.82 Å². The summed E-state index contributed by atoms with van der Waals surface area (Å²) in [4.78, 5) is 17.4. The van der Waals surface area contributed by atoms with E-state index in [-0.39, 0.29) is 63.8 Å². The lowest BCUT2D eigenvalue weighted by molar-refractivity contribution is 0.107. The molecule has 0 radical (unpaired) electrons. The summed E-state index contributed by atoms with van der Waals surface area (Å²) in [6.07, 6.45) is 8.48. The summed E-state index contributed by atoms with van der Waals surface area (Å²) in [5, 5.41) is 11.3. The monoisotopic (exact) mass is 681 g/mol. The van der Waals surface area contributed by atoms with Crippen LogP contribution < -0.4 is 14.4 Å². The zero-order chi connectivity index (χ0) is 34.0. The minimum absolute atomic E-state index is 0.0687. The minimum Gasteiger partial charge on any atom is -0.508 e. The Balaban J connectivity index is 1.34. The van der Waals surface area contributed by atoms with Gasteiger partial charge in [0, 0.05) is 63.3 Å². The molecule has 3 atom stereocenters. The van der Waals surface area contributed by atoms with Gasteiger partial charge in [-0.1, -0.05) is 12.0 Å². The fraction of sp³-hybridized carbons (Fsp3) is 0.424. The van der Waals surface area contributed by atoms with Crippen molar-refractivity contribution in [2.75, 3.05) is 51.8 Å². The average molecular weight is 682 g/mol. The van der Waals surface area contributed by atoms with Gasteiger partial charge in [-0.25, -0.2) is 13.2 Å². The third kappa shape index (κ3) is 5.56. The van der Waals surface area contributed by atoms with Crippen LogP contribution in [0.25, 0.3) is 32.9 Å². The lowest BCUT2D eigenvalue weighted by Gasteiger charge is -2.31. The molecule has 4 aromatic rings. The van der Waals surface area contributed by atoms with Crippen LogP contribution in [0.4, 0.5) is 19.0 Å². The number of fused-ring (bicyclic) bond motifs is 3. The molecule has 0 spiro atoms. The van der Waals surface area contributed by atoms with E-state index in [1.54, 1.807) is 0 Å². The van der Waals surface area contributed by atoms with Crippen molar-refractivity contribution in [3.8, 4) is 35.4 Å². The number of benzene rings is 2. The molecule has 3 fully saturated rings. The van der Waals surface area contributed by atoms with Crippen molar-refractivity contribution in [2.45, 2.75) is 43.4 Å². The summed E-state index contributed by atoms with van der Waals surface area (Å²) in [6, 6.07) is 4.69. The average Bonchev–Trinajstić information content (AvgIpc) is 3.74. The predicted octanol–water partition coefficient (Wildman–Crippen LogP) is 3.74. The molecule has 7 rings (SSSR count). The number of nitrogens with one attached hydrogen (secondary N) is 1. The van der Waals surface area contributed by atoms with E-state index in [0.29, 0.717) is 31.3 Å². The van der Waals surface area contributed by atoms with E-state index in [1.165, 1.54) is 44.6 Å². The van der Waals surface area contributed by atoms with Crippen LogP contribution in [-0.2, 0) is 10.2 Å². The molecule has 2 aromatic heterocycles. The maximum atomic E-state index is 16.8. The highest BCUT2D eigenvalue weighted by Crippen LogP contribution is 2.42. The predicted molar refractivity (Wildman–Crippen MR) is 175 cm³/mol. The van der Waals surface area contributed by atoms with E-state index in [4.69, 9.17) is 11.2 Å². The number of anilines is 1. The highest BCUT2D eigenvalue weighted by atomic mass is 32.2. The van der Waals surface area contributed by atoms with E-state index in [9.17, 15) is 22.3 Å². The Morgan fingerprint density at radius 1 is 1.21 bits per heavy atom. The standard InChI is InChI=1S/C33H34F3N7O4S/c1-4-23-26(35)7-6-19-12-22(44)13-24(27(19)23)29-28(36)30-25(15-37-29)31(42-11-8-21(17-42)40-48(45,46)41(2)3)39-32(38-30)47-18-33-9-5-10-43(33)16-20(34)14-33/h1,6-7,12-13,15,20-21,40,44H,5,8-11,14,16-18H2,2-3H3/t20-,21?,33+/m1/s1. The van der Waals surface area contributed by atoms with Gasteiger partial charge in [-0.15, -0.1) is 6.42 Å². The molecule has 252 valence electrons. The van der Waals surface area contributed by atoms with Crippen molar-refractivity contribution in [3.63, 3.8) is 0 Å². The molecule has 48 heavy (non-hydrogen) atoms. The summed E-state index contributed by atoms with van der Waals surface area (Å²) in [6.45, 7) is 1.80. The van der Waals surface area contributed by atoms with Crippen LogP contribution in [0, 0.1) is 24.0 Å². The zero-order valence-electron chi connectivity index (χ0n) is 26.4. The normalized spacial score (nSPS) is 23.0. The van der Waals surface area contributed by atoms with Crippen LogP contribution in [0.2, 0.25) is 0 Å². The van der Waals surface area contributed by atoms with Crippen LogP contribution in [0.1, 0.15) is 31.2 Å². The fourth-order valence-electron chi connectivity index (χ4n) is 7.28. The first kappa shape index (κ1) is 32.3. The molecule has 0 bridgehead atoms. The highest BCUT2D eigenvalue weighted by Gasteiger charge is 2.49. The first-order chi connectivity index (χ1) is 22.9. The van der Waals surface area contributed by atoms with Gasteiger partial charge < -0.3 is 14.7 Å². The Bertz CT molecular complexity index is 2090. The number of nitrogens with zero attached hydrogens (tertiary/aromatic N) is 6. The number of aromatic nitrogens is 3. The number of aromatic hydroxyl groups is 1. The van der Waals surface area contributed by atoms with Gasteiger partial charge in [0.2, 0.25) is 0 Å². The molecular formula is C33H34F3N7O4S. The van der Waals surface area contributed by atoms with E-state index in [2.05, 4.69) is 30.5 Å².